The maximum absolute atomic E-state index is 5.70. The van der Waals surface area contributed by atoms with E-state index in [-0.39, 0.29) is 0 Å². The normalized spacial score (nSPS) is 10.0. The molecular weight excluding hydrogens is 154 g/mol. The fourth-order valence-corrected chi connectivity index (χ4v) is 1.01. The van der Waals surface area contributed by atoms with Crippen molar-refractivity contribution in [2.45, 2.75) is 0 Å². The van der Waals surface area contributed by atoms with Crippen LogP contribution in [0.5, 0.6) is 0 Å². The smallest absolute Gasteiger partial charge is 0.152 e. The fraction of sp³-hybridized carbons (Fsp3) is 0. The highest BCUT2D eigenvalue weighted by molar-refractivity contribution is 5.72. The van der Waals surface area contributed by atoms with Gasteiger partial charge in [-0.3, -0.25) is 0 Å². The Bertz CT molecular complexity index is 370. The van der Waals surface area contributed by atoms with Crippen molar-refractivity contribution in [3.63, 3.8) is 0 Å². The van der Waals surface area contributed by atoms with Gasteiger partial charge in [0.1, 0.15) is 5.69 Å². The molecule has 0 unspecified atom stereocenters. The van der Waals surface area contributed by atoms with Gasteiger partial charge in [0.15, 0.2) is 6.26 Å². The van der Waals surface area contributed by atoms with E-state index in [0.717, 1.165) is 5.56 Å². The van der Waals surface area contributed by atoms with Gasteiger partial charge in [-0.05, 0) is 6.07 Å². The lowest BCUT2D eigenvalue weighted by Crippen LogP contribution is -1.88. The van der Waals surface area contributed by atoms with Crippen molar-refractivity contribution in [1.29, 1.82) is 0 Å². The van der Waals surface area contributed by atoms with Crippen LogP contribution in [0, 0.1) is 0 Å². The lowest BCUT2D eigenvalue weighted by atomic mass is 10.1. The van der Waals surface area contributed by atoms with Gasteiger partial charge in [0, 0.05) is 16.5 Å². The lowest BCUT2D eigenvalue weighted by molar-refractivity contribution is 0.393. The van der Waals surface area contributed by atoms with Gasteiger partial charge in [0.25, 0.3) is 0 Å². The van der Waals surface area contributed by atoms with E-state index in [9.17, 15) is 0 Å². The third-order valence-electron chi connectivity index (χ3n) is 1.60. The van der Waals surface area contributed by atoms with Gasteiger partial charge in [-0.2, -0.15) is 0 Å². The molecule has 1 aromatic carbocycles. The average Bonchev–Trinajstić information content (AvgIpc) is 2.57. The second-order valence-corrected chi connectivity index (χ2v) is 2.38. The number of para-hydroxylation sites is 1. The van der Waals surface area contributed by atoms with Gasteiger partial charge >= 0.3 is 0 Å². The van der Waals surface area contributed by atoms with Gasteiger partial charge in [0.05, 0.1) is 0 Å². The van der Waals surface area contributed by atoms with E-state index in [1.54, 1.807) is 0 Å². The SMILES string of the molecule is Nc1ccccc1-c1conn1. The molecule has 0 saturated carbocycles. The number of hydrogen-bond acceptors (Lipinski definition) is 4. The summed E-state index contributed by atoms with van der Waals surface area (Å²) in [5, 5.41) is 7.11. The maximum atomic E-state index is 5.70. The molecule has 0 radical (unpaired) electrons. The van der Waals surface area contributed by atoms with Crippen LogP contribution in [-0.2, 0) is 0 Å². The molecule has 2 aromatic rings. The number of rotatable bonds is 1. The third-order valence-corrected chi connectivity index (χ3v) is 1.60. The molecule has 0 atom stereocenters. The molecule has 4 heteroatoms. The summed E-state index contributed by atoms with van der Waals surface area (Å²) in [7, 11) is 0. The molecule has 2 rings (SSSR count). The summed E-state index contributed by atoms with van der Waals surface area (Å²) in [5.74, 6) is 0. The van der Waals surface area contributed by atoms with Crippen molar-refractivity contribution >= 4 is 5.69 Å². The lowest BCUT2D eigenvalue weighted by Gasteiger charge is -1.97. The van der Waals surface area contributed by atoms with Crippen LogP contribution >= 0.6 is 0 Å². The summed E-state index contributed by atoms with van der Waals surface area (Å²) in [6.07, 6.45) is 1.46. The Morgan fingerprint density at radius 1 is 1.25 bits per heavy atom. The number of hydrogen-bond donors (Lipinski definition) is 1. The number of aromatic nitrogens is 2. The Morgan fingerprint density at radius 3 is 2.75 bits per heavy atom. The molecule has 0 saturated heterocycles. The minimum Gasteiger partial charge on any atom is -0.398 e. The zero-order chi connectivity index (χ0) is 8.39. The highest BCUT2D eigenvalue weighted by Gasteiger charge is 2.03. The minimum absolute atomic E-state index is 0.660. The Labute approximate surface area is 69.0 Å². The monoisotopic (exact) mass is 161 g/mol. The van der Waals surface area contributed by atoms with Crippen LogP contribution in [0.2, 0.25) is 0 Å². The van der Waals surface area contributed by atoms with Gasteiger partial charge < -0.3 is 10.3 Å². The first-order valence-electron chi connectivity index (χ1n) is 3.50. The second kappa shape index (κ2) is 2.65. The average molecular weight is 161 g/mol. The standard InChI is InChI=1S/C8H7N3O/c9-7-4-2-1-3-6(7)8-5-12-11-10-8/h1-5H,9H2. The fourth-order valence-electron chi connectivity index (χ4n) is 1.01. The first-order chi connectivity index (χ1) is 5.88. The first-order valence-corrected chi connectivity index (χ1v) is 3.50. The molecule has 0 amide bonds. The zero-order valence-corrected chi connectivity index (χ0v) is 6.27. The number of nitrogens with zero attached hydrogens (tertiary/aromatic N) is 2. The van der Waals surface area contributed by atoms with Crippen LogP contribution in [0.3, 0.4) is 0 Å². The molecule has 4 nitrogen and oxygen atoms in total. The summed E-state index contributed by atoms with van der Waals surface area (Å²) >= 11 is 0. The molecular formula is C8H7N3O. The van der Waals surface area contributed by atoms with Crippen LogP contribution in [0.15, 0.2) is 35.1 Å². The van der Waals surface area contributed by atoms with Crippen LogP contribution in [0.4, 0.5) is 5.69 Å². The van der Waals surface area contributed by atoms with E-state index in [1.165, 1.54) is 6.26 Å². The number of nitrogens with two attached hydrogens (primary N) is 1. The Morgan fingerprint density at radius 2 is 2.08 bits per heavy atom. The number of anilines is 1. The Balaban J connectivity index is 2.55. The van der Waals surface area contributed by atoms with E-state index in [1.807, 2.05) is 24.3 Å². The summed E-state index contributed by atoms with van der Waals surface area (Å²) in [5.41, 5.74) is 7.88. The van der Waals surface area contributed by atoms with E-state index in [2.05, 4.69) is 14.9 Å². The van der Waals surface area contributed by atoms with E-state index in [0.29, 0.717) is 11.4 Å². The molecule has 1 heterocycles. The molecule has 0 spiro atoms. The van der Waals surface area contributed by atoms with Crippen molar-refractivity contribution in [3.05, 3.63) is 30.5 Å². The van der Waals surface area contributed by atoms with Crippen molar-refractivity contribution in [2.75, 3.05) is 5.73 Å². The molecule has 1 aromatic heterocycles. The molecule has 60 valence electrons. The molecule has 12 heavy (non-hydrogen) atoms. The molecule has 0 fully saturated rings. The molecule has 0 aliphatic carbocycles. The van der Waals surface area contributed by atoms with Crippen LogP contribution < -0.4 is 5.73 Å². The number of benzene rings is 1. The predicted octanol–water partition coefficient (Wildman–Crippen LogP) is 1.32. The quantitative estimate of drug-likeness (QED) is 0.640. The van der Waals surface area contributed by atoms with Gasteiger partial charge in [0.2, 0.25) is 0 Å². The van der Waals surface area contributed by atoms with Crippen LogP contribution in [-0.4, -0.2) is 10.4 Å². The van der Waals surface area contributed by atoms with Gasteiger partial charge in [-0.25, -0.2) is 0 Å². The van der Waals surface area contributed by atoms with Crippen molar-refractivity contribution in [2.24, 2.45) is 0 Å². The Kier molecular flexibility index (Phi) is 1.51. The van der Waals surface area contributed by atoms with Crippen LogP contribution in [0.1, 0.15) is 0 Å². The maximum Gasteiger partial charge on any atom is 0.152 e. The van der Waals surface area contributed by atoms with E-state index < -0.39 is 0 Å². The van der Waals surface area contributed by atoms with Crippen LogP contribution in [0.25, 0.3) is 11.3 Å². The predicted molar refractivity (Wildman–Crippen MR) is 44.1 cm³/mol. The van der Waals surface area contributed by atoms with Crippen molar-refractivity contribution < 1.29 is 4.52 Å². The summed E-state index contributed by atoms with van der Waals surface area (Å²) in [6, 6.07) is 7.44. The molecule has 2 N–H and O–H groups in total. The summed E-state index contributed by atoms with van der Waals surface area (Å²) in [4.78, 5) is 0. The molecule has 0 aliphatic rings. The second-order valence-electron chi connectivity index (χ2n) is 2.38. The topological polar surface area (TPSA) is 64.9 Å². The van der Waals surface area contributed by atoms with E-state index in [4.69, 9.17) is 5.73 Å². The summed E-state index contributed by atoms with van der Waals surface area (Å²) < 4.78 is 4.61. The Hall–Kier alpha value is -1.84. The first kappa shape index (κ1) is 6.84. The van der Waals surface area contributed by atoms with Crippen molar-refractivity contribution in [1.82, 2.24) is 10.4 Å². The highest BCUT2D eigenvalue weighted by Crippen LogP contribution is 2.22. The van der Waals surface area contributed by atoms with E-state index >= 15 is 0 Å². The molecule has 0 aliphatic heterocycles. The summed E-state index contributed by atoms with van der Waals surface area (Å²) in [6.45, 7) is 0. The zero-order valence-electron chi connectivity index (χ0n) is 6.27. The molecule has 0 bridgehead atoms. The number of nitrogen functional groups attached to an aromatic ring is 1. The van der Waals surface area contributed by atoms with Gasteiger partial charge in [-0.1, -0.05) is 18.2 Å². The van der Waals surface area contributed by atoms with Gasteiger partial charge in [-0.15, -0.1) is 5.10 Å². The van der Waals surface area contributed by atoms with Crippen molar-refractivity contribution in [3.8, 4) is 11.3 Å². The largest absolute Gasteiger partial charge is 0.398 e. The third kappa shape index (κ3) is 1.03. The minimum atomic E-state index is 0.660. The highest BCUT2D eigenvalue weighted by atomic mass is 16.5.